The SMILES string of the molecule is Cc1ncoc1-c1nnc(SCCCN2CC3C[C@]3(c3ccc(C(F)(F)F)cc3F)C2)n1C. The highest BCUT2D eigenvalue weighted by Gasteiger charge is 2.61. The monoisotopic (exact) mass is 481 g/mol. The molecule has 2 aliphatic rings. The van der Waals surface area contributed by atoms with Crippen LogP contribution in [-0.4, -0.2) is 50.0 Å². The van der Waals surface area contributed by atoms with Crippen LogP contribution in [0, 0.1) is 18.7 Å². The predicted molar refractivity (Wildman–Crippen MR) is 114 cm³/mol. The molecule has 2 aromatic heterocycles. The Balaban J connectivity index is 1.15. The molecule has 0 radical (unpaired) electrons. The first-order chi connectivity index (χ1) is 15.7. The molecule has 3 aromatic rings. The lowest BCUT2D eigenvalue weighted by molar-refractivity contribution is -0.137. The Bertz CT molecular complexity index is 1180. The van der Waals surface area contributed by atoms with Gasteiger partial charge in [-0.2, -0.15) is 13.2 Å². The highest BCUT2D eigenvalue weighted by molar-refractivity contribution is 7.99. The number of hydrogen-bond acceptors (Lipinski definition) is 6. The standard InChI is InChI=1S/C22H23F4N5OS/c1-13-18(32-12-27-13)19-28-29-20(30(19)2)33-7-3-6-31-10-15-9-21(15,11-31)16-5-4-14(8-17(16)23)22(24,25)26/h4-5,8,12,15H,3,6-7,9-11H2,1-2H3/t15?,21-/m0/s1. The van der Waals surface area contributed by atoms with E-state index in [-0.39, 0.29) is 5.41 Å². The van der Waals surface area contributed by atoms with Crippen LogP contribution in [0.5, 0.6) is 0 Å². The maximum Gasteiger partial charge on any atom is 0.416 e. The summed E-state index contributed by atoms with van der Waals surface area (Å²) in [6, 6.07) is 2.96. The predicted octanol–water partition coefficient (Wildman–Crippen LogP) is 4.69. The zero-order chi connectivity index (χ0) is 23.4. The second-order valence-corrected chi connectivity index (χ2v) is 9.88. The molecule has 11 heteroatoms. The lowest BCUT2D eigenvalue weighted by atomic mass is 9.93. The molecule has 2 fully saturated rings. The van der Waals surface area contributed by atoms with Crippen molar-refractivity contribution in [1.82, 2.24) is 24.6 Å². The van der Waals surface area contributed by atoms with E-state index in [1.54, 1.807) is 11.8 Å². The Kier molecular flexibility index (Phi) is 5.51. The number of fused-ring (bicyclic) bond motifs is 1. The van der Waals surface area contributed by atoms with E-state index in [1.807, 2.05) is 18.5 Å². The van der Waals surface area contributed by atoms with Gasteiger partial charge in [0, 0.05) is 31.3 Å². The van der Waals surface area contributed by atoms with Crippen molar-refractivity contribution < 1.29 is 22.0 Å². The summed E-state index contributed by atoms with van der Waals surface area (Å²) in [7, 11) is 1.88. The zero-order valence-corrected chi connectivity index (χ0v) is 19.0. The highest BCUT2D eigenvalue weighted by Crippen LogP contribution is 2.59. The molecule has 176 valence electrons. The molecule has 5 rings (SSSR count). The number of likely N-dealkylation sites (tertiary alicyclic amines) is 1. The summed E-state index contributed by atoms with van der Waals surface area (Å²) >= 11 is 1.60. The van der Waals surface area contributed by atoms with Crippen LogP contribution in [0.25, 0.3) is 11.6 Å². The second-order valence-electron chi connectivity index (χ2n) is 8.82. The molecule has 2 atom stereocenters. The van der Waals surface area contributed by atoms with Gasteiger partial charge in [-0.3, -0.25) is 0 Å². The molecular weight excluding hydrogens is 458 g/mol. The minimum absolute atomic E-state index is 0.308. The third kappa shape index (κ3) is 4.05. The van der Waals surface area contributed by atoms with Gasteiger partial charge in [0.1, 0.15) is 5.82 Å². The van der Waals surface area contributed by atoms with E-state index in [0.29, 0.717) is 35.7 Å². The van der Waals surface area contributed by atoms with Gasteiger partial charge in [0.05, 0.1) is 11.3 Å². The number of thioether (sulfide) groups is 1. The van der Waals surface area contributed by atoms with E-state index in [0.717, 1.165) is 48.6 Å². The first-order valence-corrected chi connectivity index (χ1v) is 11.7. The lowest BCUT2D eigenvalue weighted by Crippen LogP contribution is -2.28. The number of aromatic nitrogens is 4. The zero-order valence-electron chi connectivity index (χ0n) is 18.2. The third-order valence-electron chi connectivity index (χ3n) is 6.68. The molecule has 0 amide bonds. The van der Waals surface area contributed by atoms with Crippen LogP contribution in [0.15, 0.2) is 34.2 Å². The van der Waals surface area contributed by atoms with Gasteiger partial charge in [0.15, 0.2) is 17.3 Å². The summed E-state index contributed by atoms with van der Waals surface area (Å²) in [5.41, 5.74) is -0.0937. The van der Waals surface area contributed by atoms with Crippen LogP contribution in [0.4, 0.5) is 17.6 Å². The largest absolute Gasteiger partial charge is 0.440 e. The molecule has 1 unspecified atom stereocenters. The smallest absolute Gasteiger partial charge is 0.416 e. The molecule has 1 aliphatic carbocycles. The molecule has 0 spiro atoms. The number of benzene rings is 1. The Labute approximate surface area is 192 Å². The fourth-order valence-corrected chi connectivity index (χ4v) is 5.71. The Morgan fingerprint density at radius 1 is 1.27 bits per heavy atom. The van der Waals surface area contributed by atoms with Crippen molar-refractivity contribution in [1.29, 1.82) is 0 Å². The maximum absolute atomic E-state index is 14.5. The van der Waals surface area contributed by atoms with Crippen molar-refractivity contribution in [3.63, 3.8) is 0 Å². The van der Waals surface area contributed by atoms with Gasteiger partial charge in [-0.05, 0) is 49.9 Å². The van der Waals surface area contributed by atoms with Gasteiger partial charge in [-0.25, -0.2) is 9.37 Å². The van der Waals surface area contributed by atoms with E-state index < -0.39 is 17.6 Å². The Morgan fingerprint density at radius 3 is 2.79 bits per heavy atom. The number of piperidine rings is 1. The highest BCUT2D eigenvalue weighted by atomic mass is 32.2. The molecule has 1 aliphatic heterocycles. The molecule has 3 heterocycles. The van der Waals surface area contributed by atoms with Crippen LogP contribution < -0.4 is 0 Å². The summed E-state index contributed by atoms with van der Waals surface area (Å²) in [6.45, 7) is 4.23. The van der Waals surface area contributed by atoms with Crippen LogP contribution in [0.1, 0.15) is 29.7 Å². The van der Waals surface area contributed by atoms with Gasteiger partial charge in [-0.1, -0.05) is 17.8 Å². The number of alkyl halides is 3. The number of aryl methyl sites for hydroxylation is 1. The van der Waals surface area contributed by atoms with Gasteiger partial charge >= 0.3 is 6.18 Å². The van der Waals surface area contributed by atoms with Crippen molar-refractivity contribution in [2.45, 2.75) is 36.5 Å². The van der Waals surface area contributed by atoms with Crippen LogP contribution in [0.3, 0.4) is 0 Å². The van der Waals surface area contributed by atoms with Crippen LogP contribution >= 0.6 is 11.8 Å². The third-order valence-corrected chi connectivity index (χ3v) is 7.79. The average molecular weight is 482 g/mol. The molecule has 0 bridgehead atoms. The molecule has 0 N–H and O–H groups in total. The lowest BCUT2D eigenvalue weighted by Gasteiger charge is -2.21. The van der Waals surface area contributed by atoms with E-state index in [2.05, 4.69) is 20.1 Å². The fraction of sp³-hybridized carbons (Fsp3) is 0.500. The Morgan fingerprint density at radius 2 is 2.09 bits per heavy atom. The number of hydrogen-bond donors (Lipinski definition) is 0. The molecule has 6 nitrogen and oxygen atoms in total. The van der Waals surface area contributed by atoms with Crippen molar-refractivity contribution in [2.75, 3.05) is 25.4 Å². The normalized spacial score (nSPS) is 22.7. The first-order valence-electron chi connectivity index (χ1n) is 10.7. The fourth-order valence-electron chi connectivity index (χ4n) is 4.88. The molecule has 33 heavy (non-hydrogen) atoms. The van der Waals surface area contributed by atoms with E-state index in [1.165, 1.54) is 12.5 Å². The van der Waals surface area contributed by atoms with E-state index in [9.17, 15) is 17.6 Å². The second kappa shape index (κ2) is 8.12. The molecule has 1 saturated carbocycles. The molecule has 1 saturated heterocycles. The number of halogens is 4. The molecule has 1 aromatic carbocycles. The number of nitrogens with zero attached hydrogens (tertiary/aromatic N) is 5. The van der Waals surface area contributed by atoms with Crippen LogP contribution in [-0.2, 0) is 18.6 Å². The van der Waals surface area contributed by atoms with Gasteiger partial charge < -0.3 is 13.9 Å². The summed E-state index contributed by atoms with van der Waals surface area (Å²) < 4.78 is 60.4. The van der Waals surface area contributed by atoms with Crippen LogP contribution in [0.2, 0.25) is 0 Å². The summed E-state index contributed by atoms with van der Waals surface area (Å²) in [5, 5.41) is 9.23. The summed E-state index contributed by atoms with van der Waals surface area (Å²) in [4.78, 5) is 6.37. The first kappa shape index (κ1) is 22.4. The summed E-state index contributed by atoms with van der Waals surface area (Å²) in [6.07, 6.45) is -1.40. The average Bonchev–Trinajstić information content (AvgIpc) is 3.06. The van der Waals surface area contributed by atoms with Crippen molar-refractivity contribution in [3.05, 3.63) is 47.2 Å². The van der Waals surface area contributed by atoms with Crippen molar-refractivity contribution in [2.24, 2.45) is 13.0 Å². The quantitative estimate of drug-likeness (QED) is 0.277. The number of oxazole rings is 1. The molecular formula is C22H23F4N5OS. The number of rotatable bonds is 7. The van der Waals surface area contributed by atoms with Crippen molar-refractivity contribution in [3.8, 4) is 11.6 Å². The van der Waals surface area contributed by atoms with E-state index in [4.69, 9.17) is 4.42 Å². The van der Waals surface area contributed by atoms with Gasteiger partial charge in [-0.15, -0.1) is 10.2 Å². The van der Waals surface area contributed by atoms with Crippen molar-refractivity contribution >= 4 is 11.8 Å². The topological polar surface area (TPSA) is 60.0 Å². The Hall–Kier alpha value is -2.40. The maximum atomic E-state index is 14.5. The minimum Gasteiger partial charge on any atom is -0.440 e. The minimum atomic E-state index is -4.53. The van der Waals surface area contributed by atoms with Gasteiger partial charge in [0.2, 0.25) is 5.82 Å². The van der Waals surface area contributed by atoms with E-state index >= 15 is 0 Å². The summed E-state index contributed by atoms with van der Waals surface area (Å²) in [5.74, 6) is 1.64. The van der Waals surface area contributed by atoms with Gasteiger partial charge in [0.25, 0.3) is 0 Å².